The van der Waals surface area contributed by atoms with Gasteiger partial charge in [-0.15, -0.1) is 4.33 Å². The van der Waals surface area contributed by atoms with E-state index in [1.165, 1.54) is 22.8 Å². The Labute approximate surface area is 327 Å². The molecule has 2 aromatic carbocycles. The lowest BCUT2D eigenvalue weighted by Gasteiger charge is -2.28. The third-order valence-corrected chi connectivity index (χ3v) is 11.8. The number of carboxylic acid groups (broad SMARTS) is 1. The highest BCUT2D eigenvalue weighted by Crippen LogP contribution is 2.46. The van der Waals surface area contributed by atoms with Crippen molar-refractivity contribution in [3.63, 3.8) is 0 Å². The molecule has 1 saturated heterocycles. The normalized spacial score (nSPS) is 15.2. The van der Waals surface area contributed by atoms with E-state index in [0.29, 0.717) is 97.0 Å². The van der Waals surface area contributed by atoms with Gasteiger partial charge in [-0.25, -0.2) is 14.4 Å². The molecule has 1 aliphatic carbocycles. The standard InChI is InChI=1S/C36H42N3O14PS2/c1-37(15-20-55-53-52-43)25-7-10-29-32(22-25)51-33-23-26(38(2)16-21-56(46,47)48)8-11-30(33)35(29)31-24-27(54(44,45)50-17-5-3-4-6-34(40)41)9-12-28(31)36(42)39-13-18-49-19-14-39/h7-12,22-24H,2-6,13-21H2,1H3,(H2-2,40,41,43,44,45,46,47,48)/p+2. The number of unbranched alkanes of at least 4 members (excludes halogenated alkanes) is 2. The Hall–Kier alpha value is -4.01. The Morgan fingerprint density at radius 1 is 1.02 bits per heavy atom. The van der Waals surface area contributed by atoms with Crippen LogP contribution in [0.1, 0.15) is 36.0 Å². The molecule has 0 radical (unpaired) electrons. The fourth-order valence-electron chi connectivity index (χ4n) is 6.16. The number of hydrogen-bond acceptors (Lipinski definition) is 12. The fraction of sp³-hybridized carbons (Fsp3) is 0.389. The van der Waals surface area contributed by atoms with E-state index in [0.717, 1.165) is 17.4 Å². The maximum Gasteiger partial charge on any atom is 0.358 e. The maximum absolute atomic E-state index is 14.2. The average molecular weight is 838 g/mol. The molecule has 5 rings (SSSR count). The highest BCUT2D eigenvalue weighted by Gasteiger charge is 2.30. The minimum Gasteiger partial charge on any atom is -0.481 e. The van der Waals surface area contributed by atoms with Gasteiger partial charge in [-0.05, 0) is 48.7 Å². The number of morpholine rings is 1. The van der Waals surface area contributed by atoms with E-state index >= 15 is 0 Å². The van der Waals surface area contributed by atoms with E-state index < -0.39 is 29.4 Å². The van der Waals surface area contributed by atoms with Gasteiger partial charge in [-0.2, -0.15) is 8.42 Å². The summed E-state index contributed by atoms with van der Waals surface area (Å²) in [6.45, 7) is 5.54. The number of aliphatic carboxylic acids is 1. The number of rotatable bonds is 19. The second-order valence-electron chi connectivity index (χ2n) is 13.0. The molecule has 0 saturated carbocycles. The largest absolute Gasteiger partial charge is 0.481 e. The molecule has 2 aromatic rings. The van der Waals surface area contributed by atoms with Crippen LogP contribution in [0, 0.1) is 0 Å². The number of fused-ring (bicyclic) bond motifs is 2. The van der Waals surface area contributed by atoms with Crippen molar-refractivity contribution in [1.82, 2.24) is 9.48 Å². The first-order valence-corrected chi connectivity index (χ1v) is 21.7. The van der Waals surface area contributed by atoms with Crippen LogP contribution in [0.15, 0.2) is 59.0 Å². The number of carbonyl (C=O) groups is 2. The summed E-state index contributed by atoms with van der Waals surface area (Å²) in [6, 6.07) is 14.9. The topological polar surface area (TPSA) is 226 Å². The molecule has 0 bridgehead atoms. The van der Waals surface area contributed by atoms with E-state index in [-0.39, 0.29) is 36.3 Å². The maximum atomic E-state index is 14.2. The lowest BCUT2D eigenvalue weighted by molar-refractivity contribution is -0.432. The molecular weight excluding hydrogens is 794 g/mol. The molecule has 1 atom stereocenters. The number of carbonyl (C=O) groups excluding carboxylic acids is 1. The van der Waals surface area contributed by atoms with Crippen LogP contribution >= 0.6 is 19.6 Å². The Kier molecular flexibility index (Phi) is 15.0. The smallest absolute Gasteiger partial charge is 0.358 e. The van der Waals surface area contributed by atoms with Crippen LogP contribution in [0.4, 0.5) is 5.69 Å². The monoisotopic (exact) mass is 837 g/mol. The molecule has 4 N–H and O–H groups in total. The second kappa shape index (κ2) is 19.4. The van der Waals surface area contributed by atoms with Crippen molar-refractivity contribution >= 4 is 70.3 Å². The van der Waals surface area contributed by atoms with E-state index in [9.17, 15) is 32.0 Å². The number of nitrogens with zero attached hydrogens (tertiary/aromatic N) is 3. The molecule has 56 heavy (non-hydrogen) atoms. The van der Waals surface area contributed by atoms with Crippen molar-refractivity contribution in [2.24, 2.45) is 0 Å². The number of benzene rings is 3. The van der Waals surface area contributed by atoms with Crippen LogP contribution in [-0.4, -0.2) is 121 Å². The molecule has 17 nitrogen and oxygen atoms in total. The minimum absolute atomic E-state index is 0.0191. The molecule has 3 aliphatic rings. The van der Waals surface area contributed by atoms with Gasteiger partial charge in [-0.3, -0.25) is 18.7 Å². The van der Waals surface area contributed by atoms with Crippen LogP contribution in [0.2, 0.25) is 0 Å². The fourth-order valence-corrected chi connectivity index (χ4v) is 8.15. The van der Waals surface area contributed by atoms with Crippen molar-refractivity contribution in [3.05, 3.63) is 65.5 Å². The van der Waals surface area contributed by atoms with Crippen LogP contribution in [0.5, 0.6) is 0 Å². The van der Waals surface area contributed by atoms with E-state index in [1.807, 2.05) is 23.8 Å². The highest BCUT2D eigenvalue weighted by molar-refractivity contribution is 7.94. The zero-order valence-electron chi connectivity index (χ0n) is 30.6. The average Bonchev–Trinajstić information content (AvgIpc) is 3.17. The number of hydrogen-bond donors (Lipinski definition) is 4. The summed E-state index contributed by atoms with van der Waals surface area (Å²) in [6.07, 6.45) is 1.23. The summed E-state index contributed by atoms with van der Waals surface area (Å²) in [7, 11) is -6.89. The Bertz CT molecular complexity index is 2270. The molecule has 0 spiro atoms. The van der Waals surface area contributed by atoms with Crippen molar-refractivity contribution in [1.29, 1.82) is 0 Å². The Morgan fingerprint density at radius 2 is 1.79 bits per heavy atom. The van der Waals surface area contributed by atoms with Crippen molar-refractivity contribution < 1.29 is 70.0 Å². The molecule has 1 fully saturated rings. The van der Waals surface area contributed by atoms with Gasteiger partial charge in [-0.1, -0.05) is 11.5 Å². The van der Waals surface area contributed by atoms with Gasteiger partial charge in [0.25, 0.3) is 16.0 Å². The van der Waals surface area contributed by atoms with Gasteiger partial charge >= 0.3 is 13.6 Å². The van der Waals surface area contributed by atoms with E-state index in [1.54, 1.807) is 29.2 Å². The summed E-state index contributed by atoms with van der Waals surface area (Å²) >= 11 is 0.900. The van der Waals surface area contributed by atoms with Crippen molar-refractivity contribution in [3.8, 4) is 22.5 Å². The summed E-state index contributed by atoms with van der Waals surface area (Å²) in [4.78, 5) is 38.0. The second-order valence-corrected chi connectivity index (χ2v) is 17.1. The molecule has 2 heterocycles. The predicted molar refractivity (Wildman–Crippen MR) is 208 cm³/mol. The Balaban J connectivity index is 1.69. The summed E-state index contributed by atoms with van der Waals surface area (Å²) in [5.74, 6) is -1.01. The van der Waals surface area contributed by atoms with Crippen LogP contribution in [0.3, 0.4) is 0 Å². The number of carboxylic acids is 1. The van der Waals surface area contributed by atoms with Crippen molar-refractivity contribution in [2.45, 2.75) is 25.7 Å². The molecule has 302 valence electrons. The lowest BCUT2D eigenvalue weighted by Crippen LogP contribution is -2.41. The molecule has 1 amide bonds. The highest BCUT2D eigenvalue weighted by atomic mass is 32.2. The van der Waals surface area contributed by atoms with Gasteiger partial charge in [0.15, 0.2) is 13.1 Å². The zero-order chi connectivity index (χ0) is 40.5. The zero-order valence-corrected chi connectivity index (χ0v) is 33.1. The van der Waals surface area contributed by atoms with Gasteiger partial charge < -0.3 is 28.6 Å². The quantitative estimate of drug-likeness (QED) is 0.0121. The summed E-state index contributed by atoms with van der Waals surface area (Å²) in [5, 5.41) is 22.2. The molecular formula is C36H44N3O14PS2+2. The number of ether oxygens (including phenoxy) is 1. The minimum atomic E-state index is -4.45. The van der Waals surface area contributed by atoms with Crippen LogP contribution < -0.4 is 15.2 Å². The number of amides is 1. The first-order chi connectivity index (χ1) is 26.7. The third-order valence-electron chi connectivity index (χ3n) is 9.13. The van der Waals surface area contributed by atoms with Gasteiger partial charge in [0, 0.05) is 65.8 Å². The van der Waals surface area contributed by atoms with Crippen LogP contribution in [0.25, 0.3) is 33.4 Å². The first kappa shape index (κ1) is 43.1. The van der Waals surface area contributed by atoms with Crippen molar-refractivity contribution in [2.75, 3.05) is 64.6 Å². The third kappa shape index (κ3) is 11.3. The van der Waals surface area contributed by atoms with Gasteiger partial charge in [0.05, 0.1) is 43.0 Å². The van der Waals surface area contributed by atoms with Gasteiger partial charge in [0.2, 0.25) is 11.0 Å². The SMILES string of the molecule is C=[N+](CCS(=O)(=O)O)c1ccc2c(-c3cc(P(=O)(O)OCCCCCC(=O)O)ccc3C(=O)N3CCOCC3)c3ccc(=[N+](C)CCSOOO)cc-3oc2c1. The van der Waals surface area contributed by atoms with Crippen LogP contribution in [-0.2, 0) is 38.1 Å². The molecule has 1 unspecified atom stereocenters. The van der Waals surface area contributed by atoms with E-state index in [2.05, 4.69) is 16.1 Å². The molecule has 20 heteroatoms. The predicted octanol–water partition coefficient (Wildman–Crippen LogP) is 3.85. The molecule has 2 aliphatic heterocycles. The molecule has 0 aromatic heterocycles. The first-order valence-electron chi connectivity index (χ1n) is 17.6. The summed E-state index contributed by atoms with van der Waals surface area (Å²) in [5.41, 5.74) is 2.42. The Morgan fingerprint density at radius 3 is 2.50 bits per heavy atom. The van der Waals surface area contributed by atoms with E-state index in [4.69, 9.17) is 24.0 Å². The lowest BCUT2D eigenvalue weighted by atomic mass is 9.90. The summed E-state index contributed by atoms with van der Waals surface area (Å²) < 4.78 is 71.3. The van der Waals surface area contributed by atoms with Gasteiger partial charge in [0.1, 0.15) is 30.9 Å².